The lowest BCUT2D eigenvalue weighted by atomic mass is 9.86. The normalized spacial score (nSPS) is 29.5. The molecule has 6 nitrogen and oxygen atoms in total. The molecule has 3 unspecified atom stereocenters. The lowest BCUT2D eigenvalue weighted by Gasteiger charge is -2.31. The van der Waals surface area contributed by atoms with Crippen LogP contribution in [0.15, 0.2) is 27.8 Å². The Balaban J connectivity index is 1.61. The highest BCUT2D eigenvalue weighted by Gasteiger charge is 2.29. The highest BCUT2D eigenvalue weighted by Crippen LogP contribution is 2.23. The van der Waals surface area contributed by atoms with E-state index in [0.717, 1.165) is 24.6 Å². The average Bonchev–Trinajstić information content (AvgIpc) is 3.19. The van der Waals surface area contributed by atoms with Crippen molar-refractivity contribution >= 4 is 15.8 Å². The zero-order valence-corrected chi connectivity index (χ0v) is 15.7. The fourth-order valence-corrected chi connectivity index (χ4v) is 5.35. The van der Waals surface area contributed by atoms with Crippen LogP contribution in [0.1, 0.15) is 44.8 Å². The first-order valence-corrected chi connectivity index (χ1v) is 11.1. The predicted molar refractivity (Wildman–Crippen MR) is 99.5 cm³/mol. The second-order valence-corrected chi connectivity index (χ2v) is 9.55. The van der Waals surface area contributed by atoms with E-state index in [1.54, 1.807) is 6.26 Å². The molecule has 140 valence electrons. The molecular weight excluding hydrogens is 338 g/mol. The molecule has 1 saturated carbocycles. The molecule has 7 heteroatoms. The van der Waals surface area contributed by atoms with Crippen LogP contribution in [0, 0.1) is 5.92 Å². The number of sulfone groups is 1. The molecule has 0 bridgehead atoms. The lowest BCUT2D eigenvalue weighted by Crippen LogP contribution is -2.50. The van der Waals surface area contributed by atoms with Gasteiger partial charge in [-0.05, 0) is 37.3 Å². The summed E-state index contributed by atoms with van der Waals surface area (Å²) >= 11 is 0. The zero-order valence-electron chi connectivity index (χ0n) is 14.9. The van der Waals surface area contributed by atoms with Crippen LogP contribution >= 0.6 is 0 Å². The molecule has 1 saturated heterocycles. The molecule has 0 amide bonds. The van der Waals surface area contributed by atoms with E-state index in [4.69, 9.17) is 4.42 Å². The highest BCUT2D eigenvalue weighted by atomic mass is 32.2. The van der Waals surface area contributed by atoms with Crippen LogP contribution in [-0.4, -0.2) is 44.5 Å². The summed E-state index contributed by atoms with van der Waals surface area (Å²) in [5.41, 5.74) is 0. The predicted octanol–water partition coefficient (Wildman–Crippen LogP) is 2.12. The van der Waals surface area contributed by atoms with Gasteiger partial charge in [0, 0.05) is 25.0 Å². The van der Waals surface area contributed by atoms with Crippen LogP contribution in [0.2, 0.25) is 0 Å². The van der Waals surface area contributed by atoms with Gasteiger partial charge >= 0.3 is 0 Å². The van der Waals surface area contributed by atoms with Gasteiger partial charge in [-0.25, -0.2) is 8.42 Å². The Morgan fingerprint density at radius 2 is 2.12 bits per heavy atom. The third kappa shape index (κ3) is 5.49. The third-order valence-corrected chi connectivity index (χ3v) is 6.98. The Morgan fingerprint density at radius 1 is 1.28 bits per heavy atom. The van der Waals surface area contributed by atoms with Gasteiger partial charge < -0.3 is 15.1 Å². The number of furan rings is 1. The smallest absolute Gasteiger partial charge is 0.191 e. The van der Waals surface area contributed by atoms with Crippen molar-refractivity contribution in [2.45, 2.75) is 57.5 Å². The fourth-order valence-electron chi connectivity index (χ4n) is 3.67. The van der Waals surface area contributed by atoms with Crippen LogP contribution in [-0.2, 0) is 16.3 Å². The van der Waals surface area contributed by atoms with Crippen molar-refractivity contribution in [3.8, 4) is 0 Å². The van der Waals surface area contributed by atoms with E-state index in [9.17, 15) is 8.42 Å². The monoisotopic (exact) mass is 367 g/mol. The van der Waals surface area contributed by atoms with E-state index in [-0.39, 0.29) is 17.5 Å². The molecule has 2 aliphatic rings. The topological polar surface area (TPSA) is 83.7 Å². The zero-order chi connectivity index (χ0) is 17.7. The third-order valence-electron chi connectivity index (χ3n) is 5.22. The molecule has 3 rings (SSSR count). The van der Waals surface area contributed by atoms with Gasteiger partial charge in [-0.1, -0.05) is 19.8 Å². The Labute approximate surface area is 150 Å². The summed E-state index contributed by atoms with van der Waals surface area (Å²) in [5, 5.41) is 6.90. The van der Waals surface area contributed by atoms with Crippen LogP contribution in [0.5, 0.6) is 0 Å². The summed E-state index contributed by atoms with van der Waals surface area (Å²) < 4.78 is 28.8. The van der Waals surface area contributed by atoms with Crippen LogP contribution < -0.4 is 10.6 Å². The Morgan fingerprint density at radius 3 is 2.80 bits per heavy atom. The molecular formula is C18H29N3O3S. The van der Waals surface area contributed by atoms with E-state index < -0.39 is 9.84 Å². The Hall–Kier alpha value is -1.50. The van der Waals surface area contributed by atoms with E-state index >= 15 is 0 Å². The minimum Gasteiger partial charge on any atom is -0.469 e. The minimum atomic E-state index is -2.90. The standard InChI is InChI=1S/C18H29N3O3S/c1-14-5-2-3-7-17(14)21-18(19-10-8-16-6-4-11-24-16)20-15-9-12-25(22,23)13-15/h4,6,11,14-15,17H,2-3,5,7-10,12-13H2,1H3,(H2,19,20,21). The number of guanidine groups is 1. The number of nitrogens with zero attached hydrogens (tertiary/aromatic N) is 1. The van der Waals surface area contributed by atoms with Gasteiger partial charge in [-0.3, -0.25) is 4.99 Å². The molecule has 0 aromatic carbocycles. The minimum absolute atomic E-state index is 0.0428. The van der Waals surface area contributed by atoms with Gasteiger partial charge in [0.05, 0.1) is 17.8 Å². The number of hydrogen-bond acceptors (Lipinski definition) is 4. The molecule has 1 aromatic rings. The molecule has 1 aliphatic heterocycles. The van der Waals surface area contributed by atoms with Gasteiger partial charge in [0.15, 0.2) is 15.8 Å². The van der Waals surface area contributed by atoms with E-state index in [0.29, 0.717) is 24.9 Å². The summed E-state index contributed by atoms with van der Waals surface area (Å²) in [6, 6.07) is 4.19. The van der Waals surface area contributed by atoms with Crippen LogP contribution in [0.4, 0.5) is 0 Å². The van der Waals surface area contributed by atoms with Gasteiger partial charge in [0.25, 0.3) is 0 Å². The summed E-state index contributed by atoms with van der Waals surface area (Å²) in [6.45, 7) is 2.89. The summed E-state index contributed by atoms with van der Waals surface area (Å²) in [5.74, 6) is 2.74. The molecule has 2 fully saturated rings. The Bertz CT molecular complexity index is 670. The number of rotatable bonds is 5. The van der Waals surface area contributed by atoms with Crippen molar-refractivity contribution < 1.29 is 12.8 Å². The van der Waals surface area contributed by atoms with Crippen molar-refractivity contribution in [3.05, 3.63) is 24.2 Å². The number of aliphatic imine (C=N–C) groups is 1. The molecule has 3 atom stereocenters. The summed E-state index contributed by atoms with van der Waals surface area (Å²) in [7, 11) is -2.90. The SMILES string of the molecule is CC1CCCCC1NC(=NCCc1ccco1)NC1CCS(=O)(=O)C1. The van der Waals surface area contributed by atoms with Crippen molar-refractivity contribution in [1.82, 2.24) is 10.6 Å². The lowest BCUT2D eigenvalue weighted by molar-refractivity contribution is 0.306. The van der Waals surface area contributed by atoms with Crippen molar-refractivity contribution in [2.75, 3.05) is 18.1 Å². The summed E-state index contributed by atoms with van der Waals surface area (Å²) in [4.78, 5) is 4.68. The first kappa shape index (κ1) is 18.3. The molecule has 0 radical (unpaired) electrons. The van der Waals surface area contributed by atoms with Gasteiger partial charge in [-0.15, -0.1) is 0 Å². The van der Waals surface area contributed by atoms with E-state index in [1.165, 1.54) is 19.3 Å². The molecule has 0 spiro atoms. The van der Waals surface area contributed by atoms with Gasteiger partial charge in [0.2, 0.25) is 0 Å². The van der Waals surface area contributed by atoms with Crippen molar-refractivity contribution in [1.29, 1.82) is 0 Å². The first-order chi connectivity index (χ1) is 12.0. The van der Waals surface area contributed by atoms with Crippen LogP contribution in [0.3, 0.4) is 0 Å². The quantitative estimate of drug-likeness (QED) is 0.615. The highest BCUT2D eigenvalue weighted by molar-refractivity contribution is 7.91. The Kier molecular flexibility index (Phi) is 6.04. The molecule has 2 N–H and O–H groups in total. The molecule has 2 heterocycles. The van der Waals surface area contributed by atoms with E-state index in [1.807, 2.05) is 12.1 Å². The molecule has 1 aliphatic carbocycles. The number of nitrogens with one attached hydrogen (secondary N) is 2. The second-order valence-electron chi connectivity index (χ2n) is 7.32. The largest absolute Gasteiger partial charge is 0.469 e. The fraction of sp³-hybridized carbons (Fsp3) is 0.722. The number of hydrogen-bond donors (Lipinski definition) is 2. The van der Waals surface area contributed by atoms with E-state index in [2.05, 4.69) is 22.5 Å². The molecule has 1 aromatic heterocycles. The second kappa shape index (κ2) is 8.25. The average molecular weight is 368 g/mol. The maximum atomic E-state index is 11.7. The van der Waals surface area contributed by atoms with Crippen LogP contribution in [0.25, 0.3) is 0 Å². The molecule has 25 heavy (non-hydrogen) atoms. The van der Waals surface area contributed by atoms with Gasteiger partial charge in [-0.2, -0.15) is 0 Å². The maximum Gasteiger partial charge on any atom is 0.191 e. The summed E-state index contributed by atoms with van der Waals surface area (Å²) in [6.07, 6.45) is 7.96. The van der Waals surface area contributed by atoms with Crippen molar-refractivity contribution in [3.63, 3.8) is 0 Å². The first-order valence-electron chi connectivity index (χ1n) is 9.32. The maximum absolute atomic E-state index is 11.7. The van der Waals surface area contributed by atoms with Crippen molar-refractivity contribution in [2.24, 2.45) is 10.9 Å². The van der Waals surface area contributed by atoms with Gasteiger partial charge in [0.1, 0.15) is 5.76 Å².